The van der Waals surface area contributed by atoms with Crippen LogP contribution < -0.4 is 0 Å². The fourth-order valence-corrected chi connectivity index (χ4v) is 1.89. The number of phenolic OH excluding ortho intramolecular Hbond substituents is 1. The van der Waals surface area contributed by atoms with Gasteiger partial charge in [0.05, 0.1) is 11.3 Å². The van der Waals surface area contributed by atoms with E-state index in [1.165, 1.54) is 24.4 Å². The molecule has 0 amide bonds. The minimum atomic E-state index is -1.38. The van der Waals surface area contributed by atoms with Gasteiger partial charge in [-0.15, -0.1) is 0 Å². The number of hydrogen-bond donors (Lipinski definition) is 2. The minimum absolute atomic E-state index is 0.0664. The summed E-state index contributed by atoms with van der Waals surface area (Å²) in [7, 11) is 0. The number of ketones is 1. The maximum absolute atomic E-state index is 12.2. The zero-order valence-corrected chi connectivity index (χ0v) is 12.2. The number of halogens is 1. The van der Waals surface area contributed by atoms with E-state index in [1.807, 2.05) is 0 Å². The summed E-state index contributed by atoms with van der Waals surface area (Å²) in [5.74, 6) is -2.42. The summed E-state index contributed by atoms with van der Waals surface area (Å²) in [5, 5.41) is 18.9. The summed E-state index contributed by atoms with van der Waals surface area (Å²) in [6.45, 7) is 0. The third-order valence-corrected chi connectivity index (χ3v) is 3.14. The van der Waals surface area contributed by atoms with Crippen LogP contribution >= 0.6 is 15.9 Å². The lowest BCUT2D eigenvalue weighted by Crippen LogP contribution is -2.12. The van der Waals surface area contributed by atoms with Gasteiger partial charge < -0.3 is 10.2 Å². The van der Waals surface area contributed by atoms with Gasteiger partial charge in [0.2, 0.25) is 5.78 Å². The minimum Gasteiger partial charge on any atom is -0.507 e. The van der Waals surface area contributed by atoms with Crippen LogP contribution in [-0.2, 0) is 4.79 Å². The predicted octanol–water partition coefficient (Wildman–Crippen LogP) is 2.90. The van der Waals surface area contributed by atoms with Crippen molar-refractivity contribution in [1.29, 1.82) is 0 Å². The second-order valence-corrected chi connectivity index (χ2v) is 5.03. The van der Waals surface area contributed by atoms with Crippen molar-refractivity contribution in [3.05, 3.63) is 63.9 Å². The van der Waals surface area contributed by atoms with Crippen LogP contribution in [0.1, 0.15) is 16.1 Å². The van der Waals surface area contributed by atoms with Crippen molar-refractivity contribution < 1.29 is 19.8 Å². The van der Waals surface area contributed by atoms with E-state index in [0.29, 0.717) is 5.69 Å². The van der Waals surface area contributed by atoms with Crippen LogP contribution in [0.3, 0.4) is 0 Å². The number of para-hydroxylation sites is 1. The largest absolute Gasteiger partial charge is 0.507 e. The topological polar surface area (TPSA) is 87.5 Å². The number of benzene rings is 1. The van der Waals surface area contributed by atoms with Crippen LogP contribution in [0.15, 0.2) is 52.6 Å². The number of carboxylic acid groups (broad SMARTS) is 1. The second kappa shape index (κ2) is 6.32. The lowest BCUT2D eigenvalue weighted by molar-refractivity contribution is -0.132. The molecule has 5 nitrogen and oxygen atoms in total. The van der Waals surface area contributed by atoms with E-state index in [9.17, 15) is 19.8 Å². The van der Waals surface area contributed by atoms with Crippen LogP contribution in [0.5, 0.6) is 5.75 Å². The summed E-state index contributed by atoms with van der Waals surface area (Å²) >= 11 is 3.22. The molecule has 0 radical (unpaired) electrons. The highest BCUT2D eigenvalue weighted by Gasteiger charge is 2.21. The second-order valence-electron chi connectivity index (χ2n) is 4.11. The fourth-order valence-electron chi connectivity index (χ4n) is 1.66. The Balaban J connectivity index is 2.44. The number of aliphatic carboxylic acids is 1. The molecule has 0 spiro atoms. The lowest BCUT2D eigenvalue weighted by Gasteiger charge is -2.04. The van der Waals surface area contributed by atoms with Crippen LogP contribution in [0.4, 0.5) is 0 Å². The summed E-state index contributed by atoms with van der Waals surface area (Å²) < 4.78 is 0.739. The number of pyridine rings is 1. The maximum atomic E-state index is 12.2. The number of carbonyl (C=O) groups is 2. The summed E-state index contributed by atoms with van der Waals surface area (Å²) in [5.41, 5.74) is -0.200. The molecular weight excluding hydrogens is 338 g/mol. The van der Waals surface area contributed by atoms with Crippen molar-refractivity contribution in [2.75, 3.05) is 0 Å². The average molecular weight is 348 g/mol. The first-order chi connectivity index (χ1) is 9.99. The molecule has 0 aliphatic carbocycles. The Hall–Kier alpha value is -2.47. The number of aromatic nitrogens is 1. The summed E-state index contributed by atoms with van der Waals surface area (Å²) in [6.07, 6.45) is 2.67. The van der Waals surface area contributed by atoms with Crippen LogP contribution in [0.25, 0.3) is 6.08 Å². The molecule has 0 unspecified atom stereocenters. The molecule has 0 saturated heterocycles. The molecule has 0 atom stereocenters. The van der Waals surface area contributed by atoms with E-state index in [1.54, 1.807) is 24.3 Å². The molecule has 1 aromatic heterocycles. The molecule has 0 aliphatic rings. The zero-order chi connectivity index (χ0) is 15.4. The molecular formula is C15H10BrNO4. The third kappa shape index (κ3) is 3.55. The molecule has 2 N–H and O–H groups in total. The number of carbonyl (C=O) groups excluding carboxylic acids is 1. The number of hydrogen-bond acceptors (Lipinski definition) is 4. The van der Waals surface area contributed by atoms with Crippen LogP contribution in [0.2, 0.25) is 0 Å². The van der Waals surface area contributed by atoms with Gasteiger partial charge in [-0.05, 0) is 46.3 Å². The van der Waals surface area contributed by atoms with Crippen LogP contribution in [0, 0.1) is 0 Å². The number of carboxylic acids is 1. The van der Waals surface area contributed by atoms with Gasteiger partial charge in [-0.25, -0.2) is 4.79 Å². The molecule has 6 heteroatoms. The highest BCUT2D eigenvalue weighted by atomic mass is 79.9. The maximum Gasteiger partial charge on any atom is 0.339 e. The number of rotatable bonds is 4. The first-order valence-corrected chi connectivity index (χ1v) is 6.67. The molecule has 2 aromatic rings. The quantitative estimate of drug-likeness (QED) is 0.384. The molecule has 0 bridgehead atoms. The third-order valence-electron chi connectivity index (χ3n) is 2.67. The van der Waals surface area contributed by atoms with Crippen molar-refractivity contribution in [3.63, 3.8) is 0 Å². The van der Waals surface area contributed by atoms with Gasteiger partial charge in [-0.3, -0.25) is 9.78 Å². The Labute approximate surface area is 128 Å². The molecule has 0 saturated carbocycles. The van der Waals surface area contributed by atoms with Gasteiger partial charge in [0.25, 0.3) is 0 Å². The molecule has 21 heavy (non-hydrogen) atoms. The summed E-state index contributed by atoms with van der Waals surface area (Å²) in [4.78, 5) is 27.5. The smallest absolute Gasteiger partial charge is 0.339 e. The Morgan fingerprint density at radius 1 is 1.14 bits per heavy atom. The van der Waals surface area contributed by atoms with E-state index in [-0.39, 0.29) is 11.3 Å². The molecule has 0 aliphatic heterocycles. The van der Waals surface area contributed by atoms with Gasteiger partial charge in [-0.2, -0.15) is 0 Å². The summed E-state index contributed by atoms with van der Waals surface area (Å²) in [6, 6.07) is 9.04. The van der Waals surface area contributed by atoms with E-state index in [2.05, 4.69) is 20.9 Å². The normalized spacial score (nSPS) is 11.2. The first-order valence-electron chi connectivity index (χ1n) is 5.88. The molecule has 106 valence electrons. The van der Waals surface area contributed by atoms with E-state index in [0.717, 1.165) is 4.47 Å². The van der Waals surface area contributed by atoms with Crippen molar-refractivity contribution in [2.45, 2.75) is 0 Å². The Morgan fingerprint density at radius 3 is 2.43 bits per heavy atom. The van der Waals surface area contributed by atoms with E-state index >= 15 is 0 Å². The van der Waals surface area contributed by atoms with Gasteiger partial charge in [0.1, 0.15) is 11.3 Å². The van der Waals surface area contributed by atoms with E-state index < -0.39 is 17.3 Å². The molecule has 2 rings (SSSR count). The molecule has 0 fully saturated rings. The zero-order valence-electron chi connectivity index (χ0n) is 10.7. The number of aromatic hydroxyl groups is 1. The Morgan fingerprint density at radius 2 is 1.86 bits per heavy atom. The van der Waals surface area contributed by atoms with Crippen molar-refractivity contribution in [1.82, 2.24) is 4.98 Å². The molecule has 1 heterocycles. The standard InChI is InChI=1S/C15H10BrNO4/c16-9-5-6-10(17-8-9)7-12(15(20)21)14(19)11-3-1-2-4-13(11)18/h1-8,18H,(H,20,21). The Bertz CT molecular complexity index is 723. The SMILES string of the molecule is O=C(O)C(=Cc1ccc(Br)cn1)C(=O)c1ccccc1O. The van der Waals surface area contributed by atoms with Gasteiger partial charge in [0.15, 0.2) is 0 Å². The van der Waals surface area contributed by atoms with Crippen molar-refractivity contribution in [3.8, 4) is 5.75 Å². The fraction of sp³-hybridized carbons (Fsp3) is 0. The van der Waals surface area contributed by atoms with Gasteiger partial charge in [-0.1, -0.05) is 12.1 Å². The monoisotopic (exact) mass is 347 g/mol. The van der Waals surface area contributed by atoms with Crippen molar-refractivity contribution in [2.24, 2.45) is 0 Å². The Kier molecular flexibility index (Phi) is 4.49. The van der Waals surface area contributed by atoms with Crippen molar-refractivity contribution >= 4 is 33.8 Å². The first kappa shape index (κ1) is 14.9. The highest BCUT2D eigenvalue weighted by Crippen LogP contribution is 2.21. The molecule has 1 aromatic carbocycles. The van der Waals surface area contributed by atoms with E-state index in [4.69, 9.17) is 0 Å². The lowest BCUT2D eigenvalue weighted by atomic mass is 10.0. The van der Waals surface area contributed by atoms with Crippen LogP contribution in [-0.4, -0.2) is 26.9 Å². The van der Waals surface area contributed by atoms with Gasteiger partial charge >= 0.3 is 5.97 Å². The number of phenols is 1. The van der Waals surface area contributed by atoms with Gasteiger partial charge in [0, 0.05) is 10.7 Å². The predicted molar refractivity (Wildman–Crippen MR) is 80.0 cm³/mol. The average Bonchev–Trinajstić information content (AvgIpc) is 2.46. The highest BCUT2D eigenvalue weighted by molar-refractivity contribution is 9.10. The number of Topliss-reactive ketones (excluding diaryl/α,β-unsaturated/α-hetero) is 1. The number of nitrogens with zero attached hydrogens (tertiary/aromatic N) is 1.